The molecule has 204 valence electrons. The molecule has 3 aromatic rings. The lowest BCUT2D eigenvalue weighted by Gasteiger charge is -2.40. The Hall–Kier alpha value is -2.07. The van der Waals surface area contributed by atoms with Gasteiger partial charge in [-0.15, -0.1) is 11.8 Å². The van der Waals surface area contributed by atoms with Crippen LogP contribution in [0, 0.1) is 5.41 Å². The molecular weight excluding hydrogens is 545 g/mol. The van der Waals surface area contributed by atoms with E-state index in [4.69, 9.17) is 27.9 Å². The van der Waals surface area contributed by atoms with Crippen molar-refractivity contribution >= 4 is 51.8 Å². The summed E-state index contributed by atoms with van der Waals surface area (Å²) in [4.78, 5) is 20.7. The number of likely N-dealkylation sites (tertiary alicyclic amines) is 1. The third kappa shape index (κ3) is 6.92. The lowest BCUT2D eigenvalue weighted by molar-refractivity contribution is -0.143. The summed E-state index contributed by atoms with van der Waals surface area (Å²) in [5, 5.41) is 22.5. The summed E-state index contributed by atoms with van der Waals surface area (Å²) in [6, 6.07) is 13.3. The Bertz CT molecular complexity index is 1240. The van der Waals surface area contributed by atoms with Crippen molar-refractivity contribution in [2.75, 3.05) is 32.5 Å². The number of nitrogens with one attached hydrogen (secondary N) is 1. The summed E-state index contributed by atoms with van der Waals surface area (Å²) in [5.41, 5.74) is 2.41. The van der Waals surface area contributed by atoms with Gasteiger partial charge in [0.15, 0.2) is 0 Å². The average Bonchev–Trinajstić information content (AvgIpc) is 2.94. The van der Waals surface area contributed by atoms with Crippen molar-refractivity contribution in [3.8, 4) is 5.75 Å². The molecule has 1 amide bonds. The standard InChI is InChI=1S/C28H33Cl2N3O4S/c1-37-20-5-8-24-22(17-20)26(23(30)18-31-24)25(34)9-10-28(27(35)32-36)11-14-33(15-12-28)13-2-16-38-21-6-3-19(29)4-7-21/h3-8,17-18,25,34,36H,2,9-16H2,1H3,(H,32,35)/t25-/m1/s1. The predicted octanol–water partition coefficient (Wildman–Crippen LogP) is 6.13. The molecular formula is C28H33Cl2N3O4S. The van der Waals surface area contributed by atoms with Gasteiger partial charge in [-0.05, 0) is 100.0 Å². The molecule has 1 aliphatic heterocycles. The summed E-state index contributed by atoms with van der Waals surface area (Å²) < 4.78 is 5.34. The van der Waals surface area contributed by atoms with Crippen molar-refractivity contribution in [3.63, 3.8) is 0 Å². The number of nitrogens with zero attached hydrogens (tertiary/aromatic N) is 2. The van der Waals surface area contributed by atoms with Gasteiger partial charge in [-0.25, -0.2) is 5.48 Å². The number of piperidine rings is 1. The topological polar surface area (TPSA) is 94.9 Å². The number of amides is 1. The third-order valence-electron chi connectivity index (χ3n) is 7.40. The fourth-order valence-electron chi connectivity index (χ4n) is 5.11. The van der Waals surface area contributed by atoms with Crippen LogP contribution in [0.2, 0.25) is 10.0 Å². The van der Waals surface area contributed by atoms with Crippen molar-refractivity contribution in [1.29, 1.82) is 0 Å². The zero-order valence-electron chi connectivity index (χ0n) is 21.3. The molecule has 3 N–H and O–H groups in total. The Labute approximate surface area is 237 Å². The van der Waals surface area contributed by atoms with Crippen LogP contribution in [0.4, 0.5) is 0 Å². The van der Waals surface area contributed by atoms with Crippen molar-refractivity contribution in [1.82, 2.24) is 15.4 Å². The largest absolute Gasteiger partial charge is 0.497 e. The molecule has 7 nitrogen and oxygen atoms in total. The normalized spacial score (nSPS) is 16.3. The molecule has 2 heterocycles. The number of pyridine rings is 1. The first kappa shape index (κ1) is 28.9. The molecule has 2 aromatic carbocycles. The van der Waals surface area contributed by atoms with E-state index < -0.39 is 17.4 Å². The van der Waals surface area contributed by atoms with E-state index in [0.29, 0.717) is 47.5 Å². The molecule has 0 bridgehead atoms. The second kappa shape index (κ2) is 13.3. The van der Waals surface area contributed by atoms with Gasteiger partial charge in [0.05, 0.1) is 29.2 Å². The molecule has 0 unspecified atom stereocenters. The Balaban J connectivity index is 1.35. The molecule has 1 aromatic heterocycles. The number of rotatable bonds is 11. The first-order valence-corrected chi connectivity index (χ1v) is 14.4. The quantitative estimate of drug-likeness (QED) is 0.109. The molecule has 1 fully saturated rings. The van der Waals surface area contributed by atoms with Crippen LogP contribution in [-0.4, -0.2) is 58.6 Å². The molecule has 0 saturated carbocycles. The van der Waals surface area contributed by atoms with Gasteiger partial charge in [0.1, 0.15) is 5.75 Å². The van der Waals surface area contributed by atoms with Gasteiger partial charge in [0.2, 0.25) is 5.91 Å². The molecule has 0 spiro atoms. The number of thioether (sulfide) groups is 1. The van der Waals surface area contributed by atoms with Crippen LogP contribution in [-0.2, 0) is 4.79 Å². The number of hydrogen-bond acceptors (Lipinski definition) is 7. The number of aliphatic hydroxyl groups excluding tert-OH is 1. The second-order valence-corrected chi connectivity index (χ2v) is 11.7. The monoisotopic (exact) mass is 577 g/mol. The van der Waals surface area contributed by atoms with Crippen molar-refractivity contribution in [2.45, 2.75) is 43.1 Å². The maximum atomic E-state index is 12.8. The molecule has 4 rings (SSSR count). The maximum Gasteiger partial charge on any atom is 0.249 e. The zero-order chi connectivity index (χ0) is 27.1. The SMILES string of the molecule is COc1ccc2ncc(Cl)c([C@H](O)CCC3(C(=O)NO)CCN(CCCSc4ccc(Cl)cc4)CC3)c2c1. The number of halogens is 2. The number of ether oxygens (including phenoxy) is 1. The van der Waals surface area contributed by atoms with E-state index in [9.17, 15) is 15.1 Å². The lowest BCUT2D eigenvalue weighted by Crippen LogP contribution is -2.48. The molecule has 1 saturated heterocycles. The fraction of sp³-hybridized carbons (Fsp3) is 0.429. The van der Waals surface area contributed by atoms with Crippen molar-refractivity contribution < 1.29 is 19.8 Å². The van der Waals surface area contributed by atoms with E-state index in [1.165, 1.54) is 11.1 Å². The molecule has 38 heavy (non-hydrogen) atoms. The molecule has 0 aliphatic carbocycles. The summed E-state index contributed by atoms with van der Waals surface area (Å²) >= 11 is 14.2. The highest BCUT2D eigenvalue weighted by Crippen LogP contribution is 2.41. The number of methoxy groups -OCH3 is 1. The number of aromatic nitrogens is 1. The van der Waals surface area contributed by atoms with Crippen LogP contribution in [0.1, 0.15) is 43.8 Å². The number of carbonyl (C=O) groups excluding carboxylic acids is 1. The van der Waals surface area contributed by atoms with Gasteiger partial charge in [0.25, 0.3) is 0 Å². The van der Waals surface area contributed by atoms with Crippen molar-refractivity contribution in [3.05, 3.63) is 64.3 Å². The minimum atomic E-state index is -0.897. The summed E-state index contributed by atoms with van der Waals surface area (Å²) in [5.74, 6) is 1.25. The van der Waals surface area contributed by atoms with Gasteiger partial charge >= 0.3 is 0 Å². The van der Waals surface area contributed by atoms with Crippen molar-refractivity contribution in [2.24, 2.45) is 5.41 Å². The maximum absolute atomic E-state index is 12.8. The van der Waals surface area contributed by atoms with E-state index in [1.807, 2.05) is 47.9 Å². The van der Waals surface area contributed by atoms with E-state index in [-0.39, 0.29) is 0 Å². The van der Waals surface area contributed by atoms with Gasteiger partial charge in [-0.3, -0.25) is 15.0 Å². The van der Waals surface area contributed by atoms with Gasteiger partial charge in [0, 0.05) is 27.1 Å². The van der Waals surface area contributed by atoms with Crippen LogP contribution in [0.25, 0.3) is 10.9 Å². The number of hydroxylamine groups is 1. The van der Waals surface area contributed by atoms with E-state index >= 15 is 0 Å². The van der Waals surface area contributed by atoms with Crippen LogP contribution in [0.15, 0.2) is 53.6 Å². The highest BCUT2D eigenvalue weighted by molar-refractivity contribution is 7.99. The Morgan fingerprint density at radius 3 is 2.63 bits per heavy atom. The van der Waals surface area contributed by atoms with Crippen LogP contribution >= 0.6 is 35.0 Å². The smallest absolute Gasteiger partial charge is 0.249 e. The average molecular weight is 579 g/mol. The second-order valence-electron chi connectivity index (χ2n) is 9.68. The van der Waals surface area contributed by atoms with E-state index in [2.05, 4.69) is 9.88 Å². The summed E-state index contributed by atoms with van der Waals surface area (Å²) in [7, 11) is 1.58. The Morgan fingerprint density at radius 2 is 1.95 bits per heavy atom. The molecule has 1 aliphatic rings. The Morgan fingerprint density at radius 1 is 1.21 bits per heavy atom. The minimum Gasteiger partial charge on any atom is -0.497 e. The molecule has 0 radical (unpaired) electrons. The van der Waals surface area contributed by atoms with Crippen LogP contribution < -0.4 is 10.2 Å². The zero-order valence-corrected chi connectivity index (χ0v) is 23.7. The van der Waals surface area contributed by atoms with Gasteiger partial charge in [-0.2, -0.15) is 0 Å². The fourth-order valence-corrected chi connectivity index (χ4v) is 6.35. The number of aliphatic hydroxyl groups is 1. The number of benzene rings is 2. The lowest BCUT2D eigenvalue weighted by atomic mass is 9.73. The predicted molar refractivity (Wildman–Crippen MR) is 152 cm³/mol. The third-order valence-corrected chi connectivity index (χ3v) is 9.05. The Kier molecular flexibility index (Phi) is 10.1. The number of fused-ring (bicyclic) bond motifs is 1. The van der Waals surface area contributed by atoms with Gasteiger partial charge in [-0.1, -0.05) is 23.2 Å². The highest BCUT2D eigenvalue weighted by atomic mass is 35.5. The first-order chi connectivity index (χ1) is 18.3. The minimum absolute atomic E-state index is 0.321. The van der Waals surface area contributed by atoms with Crippen LogP contribution in [0.3, 0.4) is 0 Å². The number of carbonyl (C=O) groups is 1. The summed E-state index contributed by atoms with van der Waals surface area (Å²) in [6.45, 7) is 2.46. The highest BCUT2D eigenvalue weighted by Gasteiger charge is 2.41. The van der Waals surface area contributed by atoms with Crippen LogP contribution in [0.5, 0.6) is 5.75 Å². The summed E-state index contributed by atoms with van der Waals surface area (Å²) in [6.07, 6.45) is 3.62. The first-order valence-electron chi connectivity index (χ1n) is 12.7. The van der Waals surface area contributed by atoms with E-state index in [1.54, 1.807) is 18.9 Å². The van der Waals surface area contributed by atoms with Gasteiger partial charge < -0.3 is 14.7 Å². The van der Waals surface area contributed by atoms with E-state index in [0.717, 1.165) is 42.2 Å². The molecule has 10 heteroatoms. The molecule has 1 atom stereocenters. The number of hydrogen-bond donors (Lipinski definition) is 3.